The average Bonchev–Trinajstić information content (AvgIpc) is 2.93. The van der Waals surface area contributed by atoms with Gasteiger partial charge in [0.1, 0.15) is 5.69 Å². The second kappa shape index (κ2) is 5.83. The SMILES string of the molecule is Cc1ccc(N2CCN(C(=O)c3ccnn3C)C[C@H]2C)cc1. The maximum absolute atomic E-state index is 12.6. The summed E-state index contributed by atoms with van der Waals surface area (Å²) in [5, 5.41) is 4.08. The van der Waals surface area contributed by atoms with Gasteiger partial charge in [-0.25, -0.2) is 0 Å². The molecule has 0 radical (unpaired) electrons. The van der Waals surface area contributed by atoms with Gasteiger partial charge in [-0.15, -0.1) is 0 Å². The number of carbonyl (C=O) groups excluding carboxylic acids is 1. The van der Waals surface area contributed by atoms with Crippen LogP contribution in [0.3, 0.4) is 0 Å². The fourth-order valence-electron chi connectivity index (χ4n) is 3.01. The van der Waals surface area contributed by atoms with Gasteiger partial charge in [-0.2, -0.15) is 5.10 Å². The Labute approximate surface area is 131 Å². The van der Waals surface area contributed by atoms with E-state index in [9.17, 15) is 4.79 Å². The molecule has 1 aliphatic rings. The van der Waals surface area contributed by atoms with E-state index >= 15 is 0 Å². The van der Waals surface area contributed by atoms with Crippen LogP contribution in [0.15, 0.2) is 36.5 Å². The Hall–Kier alpha value is -2.30. The molecule has 0 spiro atoms. The summed E-state index contributed by atoms with van der Waals surface area (Å²) in [6, 6.07) is 10.7. The van der Waals surface area contributed by atoms with E-state index < -0.39 is 0 Å². The van der Waals surface area contributed by atoms with E-state index in [0.717, 1.165) is 19.6 Å². The number of aromatic nitrogens is 2. The van der Waals surface area contributed by atoms with Gasteiger partial charge in [0.05, 0.1) is 0 Å². The molecule has 1 aromatic heterocycles. The molecule has 0 unspecified atom stereocenters. The molecule has 22 heavy (non-hydrogen) atoms. The van der Waals surface area contributed by atoms with Crippen LogP contribution in [0.4, 0.5) is 5.69 Å². The van der Waals surface area contributed by atoms with Crippen molar-refractivity contribution >= 4 is 11.6 Å². The Morgan fingerprint density at radius 3 is 2.50 bits per heavy atom. The molecule has 0 N–H and O–H groups in total. The van der Waals surface area contributed by atoms with Crippen molar-refractivity contribution in [3.05, 3.63) is 47.8 Å². The number of hydrogen-bond donors (Lipinski definition) is 0. The van der Waals surface area contributed by atoms with Gasteiger partial charge < -0.3 is 9.80 Å². The van der Waals surface area contributed by atoms with Gasteiger partial charge in [-0.05, 0) is 32.0 Å². The summed E-state index contributed by atoms with van der Waals surface area (Å²) in [6.45, 7) is 6.59. The number of anilines is 1. The van der Waals surface area contributed by atoms with Gasteiger partial charge >= 0.3 is 0 Å². The monoisotopic (exact) mass is 298 g/mol. The molecule has 0 bridgehead atoms. The number of amides is 1. The van der Waals surface area contributed by atoms with Crippen LogP contribution < -0.4 is 4.90 Å². The molecule has 0 aliphatic carbocycles. The van der Waals surface area contributed by atoms with Crippen molar-refractivity contribution < 1.29 is 4.79 Å². The Kier molecular flexibility index (Phi) is 3.88. The first kappa shape index (κ1) is 14.6. The van der Waals surface area contributed by atoms with Crippen molar-refractivity contribution in [2.24, 2.45) is 7.05 Å². The van der Waals surface area contributed by atoms with Gasteiger partial charge in [0, 0.05) is 44.6 Å². The van der Waals surface area contributed by atoms with Crippen molar-refractivity contribution in [1.29, 1.82) is 0 Å². The van der Waals surface area contributed by atoms with E-state index in [2.05, 4.69) is 48.1 Å². The first-order valence-electron chi connectivity index (χ1n) is 7.67. The van der Waals surface area contributed by atoms with Gasteiger partial charge in [-0.1, -0.05) is 17.7 Å². The smallest absolute Gasteiger partial charge is 0.272 e. The van der Waals surface area contributed by atoms with E-state index in [4.69, 9.17) is 0 Å². The highest BCUT2D eigenvalue weighted by molar-refractivity contribution is 5.92. The molecule has 5 heteroatoms. The number of aryl methyl sites for hydroxylation is 2. The molecule has 1 amide bonds. The van der Waals surface area contributed by atoms with Crippen molar-refractivity contribution in [1.82, 2.24) is 14.7 Å². The van der Waals surface area contributed by atoms with Crippen molar-refractivity contribution in [3.8, 4) is 0 Å². The highest BCUT2D eigenvalue weighted by Gasteiger charge is 2.28. The lowest BCUT2D eigenvalue weighted by Crippen LogP contribution is -2.54. The minimum absolute atomic E-state index is 0.0652. The van der Waals surface area contributed by atoms with E-state index in [1.807, 2.05) is 4.90 Å². The lowest BCUT2D eigenvalue weighted by Gasteiger charge is -2.41. The molecule has 2 heterocycles. The number of nitrogens with zero attached hydrogens (tertiary/aromatic N) is 4. The zero-order valence-electron chi connectivity index (χ0n) is 13.4. The first-order chi connectivity index (χ1) is 10.6. The minimum Gasteiger partial charge on any atom is -0.365 e. The maximum atomic E-state index is 12.6. The van der Waals surface area contributed by atoms with Gasteiger partial charge in [-0.3, -0.25) is 9.48 Å². The molecule has 2 aromatic rings. The van der Waals surface area contributed by atoms with Gasteiger partial charge in [0.2, 0.25) is 0 Å². The standard InChI is InChI=1S/C17H22N4O/c1-13-4-6-15(7-5-13)21-11-10-20(12-14(21)2)17(22)16-8-9-18-19(16)3/h4-9,14H,10-12H2,1-3H3/t14-/m1/s1. The normalized spacial score (nSPS) is 18.6. The lowest BCUT2D eigenvalue weighted by molar-refractivity contribution is 0.0715. The first-order valence-corrected chi connectivity index (χ1v) is 7.67. The third-order valence-electron chi connectivity index (χ3n) is 4.32. The number of hydrogen-bond acceptors (Lipinski definition) is 3. The zero-order valence-corrected chi connectivity index (χ0v) is 13.4. The van der Waals surface area contributed by atoms with Crippen LogP contribution in [0.1, 0.15) is 23.0 Å². The third kappa shape index (κ3) is 2.71. The summed E-state index contributed by atoms with van der Waals surface area (Å²) >= 11 is 0. The second-order valence-electron chi connectivity index (χ2n) is 5.97. The molecule has 1 fully saturated rings. The van der Waals surface area contributed by atoms with E-state index in [0.29, 0.717) is 11.7 Å². The average molecular weight is 298 g/mol. The Morgan fingerprint density at radius 1 is 1.18 bits per heavy atom. The number of carbonyl (C=O) groups is 1. The molecule has 1 saturated heterocycles. The van der Waals surface area contributed by atoms with Crippen LogP contribution in [0, 0.1) is 6.92 Å². The fraction of sp³-hybridized carbons (Fsp3) is 0.412. The molecule has 3 rings (SSSR count). The summed E-state index contributed by atoms with van der Waals surface area (Å²) in [6.07, 6.45) is 1.67. The van der Waals surface area contributed by atoms with E-state index in [1.54, 1.807) is 24.0 Å². The number of rotatable bonds is 2. The summed E-state index contributed by atoms with van der Waals surface area (Å²) in [7, 11) is 1.80. The van der Waals surface area contributed by atoms with Crippen LogP contribution in [-0.2, 0) is 7.05 Å². The Morgan fingerprint density at radius 2 is 1.91 bits per heavy atom. The van der Waals surface area contributed by atoms with Crippen LogP contribution >= 0.6 is 0 Å². The summed E-state index contributed by atoms with van der Waals surface area (Å²) in [4.78, 5) is 16.9. The largest absolute Gasteiger partial charge is 0.365 e. The topological polar surface area (TPSA) is 41.4 Å². The van der Waals surface area contributed by atoms with E-state index in [-0.39, 0.29) is 5.91 Å². The molecular weight excluding hydrogens is 276 g/mol. The summed E-state index contributed by atoms with van der Waals surface area (Å²) < 4.78 is 1.64. The predicted molar refractivity (Wildman–Crippen MR) is 87.1 cm³/mol. The number of piperazine rings is 1. The highest BCUT2D eigenvalue weighted by Crippen LogP contribution is 2.21. The van der Waals surface area contributed by atoms with Crippen LogP contribution in [0.2, 0.25) is 0 Å². The molecule has 0 saturated carbocycles. The summed E-state index contributed by atoms with van der Waals surface area (Å²) in [5.74, 6) is 0.0652. The van der Waals surface area contributed by atoms with Crippen molar-refractivity contribution in [3.63, 3.8) is 0 Å². The van der Waals surface area contributed by atoms with Gasteiger partial charge in [0.15, 0.2) is 0 Å². The molecular formula is C17H22N4O. The van der Waals surface area contributed by atoms with Crippen molar-refractivity contribution in [2.45, 2.75) is 19.9 Å². The zero-order chi connectivity index (χ0) is 15.7. The quantitative estimate of drug-likeness (QED) is 0.852. The van der Waals surface area contributed by atoms with Gasteiger partial charge in [0.25, 0.3) is 5.91 Å². The fourth-order valence-corrected chi connectivity index (χ4v) is 3.01. The molecule has 116 valence electrons. The van der Waals surface area contributed by atoms with Crippen LogP contribution in [0.5, 0.6) is 0 Å². The molecule has 5 nitrogen and oxygen atoms in total. The predicted octanol–water partition coefficient (Wildman–Crippen LogP) is 2.08. The van der Waals surface area contributed by atoms with Crippen LogP contribution in [-0.4, -0.2) is 46.3 Å². The van der Waals surface area contributed by atoms with Crippen LogP contribution in [0.25, 0.3) is 0 Å². The molecule has 1 atom stereocenters. The number of benzene rings is 1. The van der Waals surface area contributed by atoms with E-state index in [1.165, 1.54) is 11.3 Å². The Balaban J connectivity index is 1.71. The van der Waals surface area contributed by atoms with Crippen molar-refractivity contribution in [2.75, 3.05) is 24.5 Å². The Bertz CT molecular complexity index is 662. The second-order valence-corrected chi connectivity index (χ2v) is 5.97. The maximum Gasteiger partial charge on any atom is 0.272 e. The summed E-state index contributed by atoms with van der Waals surface area (Å²) in [5.41, 5.74) is 3.14. The third-order valence-corrected chi connectivity index (χ3v) is 4.32. The molecule has 1 aliphatic heterocycles. The highest BCUT2D eigenvalue weighted by atomic mass is 16.2. The minimum atomic E-state index is 0.0652. The molecule has 1 aromatic carbocycles. The lowest BCUT2D eigenvalue weighted by atomic mass is 10.1.